The van der Waals surface area contributed by atoms with Crippen LogP contribution in [0.1, 0.15) is 42.5 Å². The third-order valence-corrected chi connectivity index (χ3v) is 5.05. The number of carbonyl (C=O) groups excluding carboxylic acids is 1. The highest BCUT2D eigenvalue weighted by atomic mass is 16.6. The third-order valence-electron chi connectivity index (χ3n) is 5.05. The van der Waals surface area contributed by atoms with Gasteiger partial charge in [-0.05, 0) is 38.2 Å². The summed E-state index contributed by atoms with van der Waals surface area (Å²) in [6.45, 7) is 2.18. The molecule has 24 heavy (non-hydrogen) atoms. The summed E-state index contributed by atoms with van der Waals surface area (Å²) < 4.78 is 0. The van der Waals surface area contributed by atoms with Gasteiger partial charge in [0, 0.05) is 37.2 Å². The van der Waals surface area contributed by atoms with Gasteiger partial charge in [-0.3, -0.25) is 14.9 Å². The van der Waals surface area contributed by atoms with E-state index in [-0.39, 0.29) is 23.6 Å². The van der Waals surface area contributed by atoms with Crippen LogP contribution >= 0.6 is 0 Å². The number of rotatable bonds is 6. The molecular weight excluding hydrogens is 310 g/mol. The van der Waals surface area contributed by atoms with Gasteiger partial charge in [-0.1, -0.05) is 0 Å². The maximum Gasteiger partial charge on any atom is 0.270 e. The number of hydrogen-bond acceptors (Lipinski definition) is 5. The van der Waals surface area contributed by atoms with Gasteiger partial charge in [-0.15, -0.1) is 0 Å². The number of non-ortho nitro benzene ring substituents is 1. The van der Waals surface area contributed by atoms with Crippen LogP contribution in [0.2, 0.25) is 0 Å². The van der Waals surface area contributed by atoms with Crippen molar-refractivity contribution in [1.82, 2.24) is 5.32 Å². The molecule has 1 aliphatic carbocycles. The van der Waals surface area contributed by atoms with Crippen molar-refractivity contribution < 1.29 is 14.8 Å². The summed E-state index contributed by atoms with van der Waals surface area (Å²) in [7, 11) is 0. The Labute approximate surface area is 140 Å². The van der Waals surface area contributed by atoms with E-state index in [0.717, 1.165) is 44.5 Å². The van der Waals surface area contributed by atoms with Crippen LogP contribution in [-0.2, 0) is 0 Å². The van der Waals surface area contributed by atoms with E-state index in [2.05, 4.69) is 10.2 Å². The molecule has 0 spiro atoms. The summed E-state index contributed by atoms with van der Waals surface area (Å²) >= 11 is 0. The third kappa shape index (κ3) is 3.51. The van der Waals surface area contributed by atoms with E-state index in [4.69, 9.17) is 0 Å². The van der Waals surface area contributed by atoms with Gasteiger partial charge in [0.05, 0.1) is 22.8 Å². The average molecular weight is 333 g/mol. The summed E-state index contributed by atoms with van der Waals surface area (Å²) in [5.74, 6) is -0.306. The van der Waals surface area contributed by atoms with Crippen molar-refractivity contribution in [1.29, 1.82) is 0 Å². The minimum absolute atomic E-state index is 0.0567. The van der Waals surface area contributed by atoms with E-state index in [1.165, 1.54) is 18.6 Å². The Morgan fingerprint density at radius 3 is 2.58 bits per heavy atom. The largest absolute Gasteiger partial charge is 0.396 e. The number of amides is 1. The van der Waals surface area contributed by atoms with Gasteiger partial charge >= 0.3 is 0 Å². The van der Waals surface area contributed by atoms with E-state index in [1.807, 2.05) is 0 Å². The number of nitrogens with zero attached hydrogens (tertiary/aromatic N) is 2. The monoisotopic (exact) mass is 333 g/mol. The Morgan fingerprint density at radius 2 is 2.00 bits per heavy atom. The maximum atomic E-state index is 12.6. The van der Waals surface area contributed by atoms with Crippen molar-refractivity contribution in [2.45, 2.75) is 32.1 Å². The number of aliphatic hydroxyl groups excluding tert-OH is 1. The normalized spacial score (nSPS) is 19.0. The topological polar surface area (TPSA) is 95.7 Å². The molecule has 0 radical (unpaired) electrons. The lowest BCUT2D eigenvalue weighted by atomic mass is 10.0. The molecule has 0 aromatic heterocycles. The number of anilines is 1. The van der Waals surface area contributed by atoms with Gasteiger partial charge < -0.3 is 15.3 Å². The lowest BCUT2D eigenvalue weighted by Crippen LogP contribution is -2.35. The molecule has 1 amide bonds. The fraction of sp³-hybridized carbons (Fsp3) is 0.588. The number of nitro groups is 1. The van der Waals surface area contributed by atoms with Gasteiger partial charge in [-0.2, -0.15) is 0 Å². The predicted molar refractivity (Wildman–Crippen MR) is 90.2 cm³/mol. The smallest absolute Gasteiger partial charge is 0.270 e. The minimum Gasteiger partial charge on any atom is -0.396 e. The zero-order valence-electron chi connectivity index (χ0n) is 13.7. The van der Waals surface area contributed by atoms with E-state index >= 15 is 0 Å². The molecule has 1 saturated heterocycles. The first-order valence-corrected chi connectivity index (χ1v) is 8.47. The first kappa shape index (κ1) is 16.7. The highest BCUT2D eigenvalue weighted by molar-refractivity contribution is 6.00. The van der Waals surface area contributed by atoms with Gasteiger partial charge in [0.25, 0.3) is 11.6 Å². The zero-order chi connectivity index (χ0) is 17.2. The fourth-order valence-electron chi connectivity index (χ4n) is 3.16. The van der Waals surface area contributed by atoms with Crippen LogP contribution < -0.4 is 10.2 Å². The van der Waals surface area contributed by atoms with Gasteiger partial charge in [0.15, 0.2) is 0 Å². The first-order valence-electron chi connectivity index (χ1n) is 8.47. The minimum atomic E-state index is -0.479. The quantitative estimate of drug-likeness (QED) is 0.614. The van der Waals surface area contributed by atoms with Crippen LogP contribution in [-0.4, -0.2) is 42.2 Å². The van der Waals surface area contributed by atoms with Crippen molar-refractivity contribution in [3.63, 3.8) is 0 Å². The number of aliphatic hydroxyl groups is 1. The molecule has 1 saturated carbocycles. The molecular formula is C17H23N3O4. The molecule has 0 unspecified atom stereocenters. The number of piperidine rings is 1. The van der Waals surface area contributed by atoms with Crippen molar-refractivity contribution >= 4 is 17.3 Å². The van der Waals surface area contributed by atoms with Crippen LogP contribution in [0, 0.1) is 15.5 Å². The molecule has 0 bridgehead atoms. The predicted octanol–water partition coefficient (Wildman–Crippen LogP) is 2.09. The maximum absolute atomic E-state index is 12.6. The number of hydrogen-bond donors (Lipinski definition) is 2. The Balaban J connectivity index is 1.83. The van der Waals surface area contributed by atoms with Gasteiger partial charge in [0.1, 0.15) is 0 Å². The Hall–Kier alpha value is -2.15. The number of benzene rings is 1. The van der Waals surface area contributed by atoms with Crippen molar-refractivity contribution in [2.75, 3.05) is 31.1 Å². The molecule has 7 nitrogen and oxygen atoms in total. The number of carbonyl (C=O) groups is 1. The molecule has 2 fully saturated rings. The van der Waals surface area contributed by atoms with E-state index in [0.29, 0.717) is 12.1 Å². The van der Waals surface area contributed by atoms with Crippen LogP contribution in [0.5, 0.6) is 0 Å². The first-order chi connectivity index (χ1) is 11.5. The zero-order valence-corrected chi connectivity index (χ0v) is 13.7. The molecule has 2 aliphatic rings. The Kier molecular flexibility index (Phi) is 4.71. The summed E-state index contributed by atoms with van der Waals surface area (Å²) in [5.41, 5.74) is 0.831. The van der Waals surface area contributed by atoms with Crippen molar-refractivity contribution in [3.8, 4) is 0 Å². The Morgan fingerprint density at radius 1 is 1.29 bits per heavy atom. The van der Waals surface area contributed by atoms with Gasteiger partial charge in [0.2, 0.25) is 0 Å². The van der Waals surface area contributed by atoms with Crippen LogP contribution in [0.15, 0.2) is 18.2 Å². The highest BCUT2D eigenvalue weighted by Gasteiger charge is 2.42. The molecule has 3 rings (SSSR count). The summed E-state index contributed by atoms with van der Waals surface area (Å²) in [6.07, 6.45) is 5.09. The lowest BCUT2D eigenvalue weighted by molar-refractivity contribution is -0.384. The summed E-state index contributed by atoms with van der Waals surface area (Å²) in [5, 5.41) is 23.3. The molecule has 1 aliphatic heterocycles. The Bertz CT molecular complexity index is 637. The van der Waals surface area contributed by atoms with Gasteiger partial charge in [-0.25, -0.2) is 0 Å². The van der Waals surface area contributed by atoms with Crippen LogP contribution in [0.4, 0.5) is 11.4 Å². The molecule has 1 aromatic carbocycles. The van der Waals surface area contributed by atoms with E-state index in [9.17, 15) is 20.0 Å². The van der Waals surface area contributed by atoms with Crippen molar-refractivity contribution in [2.24, 2.45) is 5.41 Å². The molecule has 1 aromatic rings. The van der Waals surface area contributed by atoms with Crippen molar-refractivity contribution in [3.05, 3.63) is 33.9 Å². The van der Waals surface area contributed by atoms with Crippen LogP contribution in [0.3, 0.4) is 0 Å². The molecule has 1 heterocycles. The number of nitro benzene ring substituents is 1. The highest BCUT2D eigenvalue weighted by Crippen LogP contribution is 2.44. The molecule has 0 atom stereocenters. The average Bonchev–Trinajstić information content (AvgIpc) is 3.40. The molecule has 2 N–H and O–H groups in total. The standard InChI is InChI=1S/C17H23N3O4/c21-12-17(6-7-17)11-18-16(22)14-10-13(20(23)24)4-5-15(14)19-8-2-1-3-9-19/h4-5,10,21H,1-3,6-9,11-12H2,(H,18,22). The fourth-order valence-corrected chi connectivity index (χ4v) is 3.16. The SMILES string of the molecule is O=C(NCC1(CO)CC1)c1cc([N+](=O)[O-])ccc1N1CCCCC1. The lowest BCUT2D eigenvalue weighted by Gasteiger charge is -2.30. The van der Waals surface area contributed by atoms with Crippen LogP contribution in [0.25, 0.3) is 0 Å². The second-order valence-corrected chi connectivity index (χ2v) is 6.85. The number of nitrogens with one attached hydrogen (secondary N) is 1. The van der Waals surface area contributed by atoms with E-state index < -0.39 is 4.92 Å². The van der Waals surface area contributed by atoms with E-state index in [1.54, 1.807) is 6.07 Å². The molecule has 130 valence electrons. The molecule has 7 heteroatoms. The second-order valence-electron chi connectivity index (χ2n) is 6.85. The second kappa shape index (κ2) is 6.76. The summed E-state index contributed by atoms with van der Waals surface area (Å²) in [6, 6.07) is 4.49. The summed E-state index contributed by atoms with van der Waals surface area (Å²) in [4.78, 5) is 25.3.